The van der Waals surface area contributed by atoms with Gasteiger partial charge in [0.1, 0.15) is 22.8 Å². The second kappa shape index (κ2) is 6.32. The maximum Gasteiger partial charge on any atom is 0.405 e. The molecule has 0 aliphatic carbocycles. The molecule has 25 heavy (non-hydrogen) atoms. The third kappa shape index (κ3) is 3.35. The Morgan fingerprint density at radius 2 is 2.12 bits per heavy atom. The molecule has 0 saturated carbocycles. The minimum Gasteiger partial charge on any atom is -0.442 e. The second-order valence-corrected chi connectivity index (χ2v) is 6.89. The van der Waals surface area contributed by atoms with Crippen LogP contribution in [0.5, 0.6) is 0 Å². The number of carbonyl (C=O) groups excluding carboxylic acids is 1. The SMILES string of the molecule is CC1(OC(N)=O)CCCN(c2nc(F)nc3c(F)c(Br)c(F)cc23)C1. The van der Waals surface area contributed by atoms with Gasteiger partial charge in [-0.05, 0) is 41.8 Å². The van der Waals surface area contributed by atoms with Gasteiger partial charge in [-0.1, -0.05) is 0 Å². The van der Waals surface area contributed by atoms with Gasteiger partial charge in [-0.3, -0.25) is 0 Å². The molecule has 0 spiro atoms. The van der Waals surface area contributed by atoms with Crippen LogP contribution in [0.1, 0.15) is 19.8 Å². The first kappa shape index (κ1) is 17.7. The van der Waals surface area contributed by atoms with Gasteiger partial charge in [0.05, 0.1) is 11.0 Å². The van der Waals surface area contributed by atoms with Crippen molar-refractivity contribution in [3.63, 3.8) is 0 Å². The van der Waals surface area contributed by atoms with Crippen molar-refractivity contribution in [1.29, 1.82) is 0 Å². The van der Waals surface area contributed by atoms with Crippen molar-refractivity contribution in [2.75, 3.05) is 18.0 Å². The molecular weight excluding hydrogens is 405 g/mol. The van der Waals surface area contributed by atoms with Crippen LogP contribution in [0.25, 0.3) is 10.9 Å². The van der Waals surface area contributed by atoms with Crippen LogP contribution >= 0.6 is 15.9 Å². The van der Waals surface area contributed by atoms with Crippen LogP contribution in [0.3, 0.4) is 0 Å². The predicted molar refractivity (Wildman–Crippen MR) is 87.6 cm³/mol. The van der Waals surface area contributed by atoms with E-state index in [-0.39, 0.29) is 23.3 Å². The summed E-state index contributed by atoms with van der Waals surface area (Å²) in [6.45, 7) is 2.28. The molecule has 1 aromatic heterocycles. The first-order valence-electron chi connectivity index (χ1n) is 7.44. The minimum atomic E-state index is -1.14. The smallest absolute Gasteiger partial charge is 0.405 e. The summed E-state index contributed by atoms with van der Waals surface area (Å²) in [4.78, 5) is 19.8. The summed E-state index contributed by atoms with van der Waals surface area (Å²) in [5, 5.41) is 0.0305. The number of nitrogens with two attached hydrogens (primary N) is 1. The topological polar surface area (TPSA) is 81.3 Å². The van der Waals surface area contributed by atoms with Crippen LogP contribution in [0.4, 0.5) is 23.8 Å². The van der Waals surface area contributed by atoms with E-state index >= 15 is 0 Å². The lowest BCUT2D eigenvalue weighted by Crippen LogP contribution is -2.50. The molecular formula is C15H14BrF3N4O2. The molecule has 2 N–H and O–H groups in total. The van der Waals surface area contributed by atoms with Crippen molar-refractivity contribution in [1.82, 2.24) is 9.97 Å². The lowest BCUT2D eigenvalue weighted by atomic mass is 9.94. The summed E-state index contributed by atoms with van der Waals surface area (Å²) in [7, 11) is 0. The van der Waals surface area contributed by atoms with E-state index in [4.69, 9.17) is 10.5 Å². The summed E-state index contributed by atoms with van der Waals surface area (Å²) in [6, 6.07) is 1.04. The number of amides is 1. The average molecular weight is 419 g/mol. The Morgan fingerprint density at radius 1 is 1.40 bits per heavy atom. The Labute approximate surface area is 149 Å². The van der Waals surface area contributed by atoms with Gasteiger partial charge < -0.3 is 15.4 Å². The van der Waals surface area contributed by atoms with Gasteiger partial charge in [-0.15, -0.1) is 0 Å². The van der Waals surface area contributed by atoms with Crippen LogP contribution in [0.2, 0.25) is 0 Å². The number of aromatic nitrogens is 2. The number of fused-ring (bicyclic) bond motifs is 1. The highest BCUT2D eigenvalue weighted by Crippen LogP contribution is 2.34. The number of rotatable bonds is 2. The van der Waals surface area contributed by atoms with Crippen molar-refractivity contribution < 1.29 is 22.7 Å². The standard InChI is InChI=1S/C15H14BrF3N4O2/c1-15(25-14(20)24)3-2-4-23(6-15)12-7-5-8(17)9(16)10(18)11(7)21-13(19)22-12/h5H,2-4,6H2,1H3,(H2,20,24). The molecule has 1 atom stereocenters. The van der Waals surface area contributed by atoms with Crippen LogP contribution in [0.15, 0.2) is 10.5 Å². The fourth-order valence-electron chi connectivity index (χ4n) is 3.08. The van der Waals surface area contributed by atoms with Gasteiger partial charge >= 0.3 is 12.2 Å². The van der Waals surface area contributed by atoms with E-state index < -0.39 is 33.9 Å². The Balaban J connectivity index is 2.10. The maximum atomic E-state index is 14.3. The highest BCUT2D eigenvalue weighted by Gasteiger charge is 2.36. The van der Waals surface area contributed by atoms with E-state index in [1.165, 1.54) is 0 Å². The average Bonchev–Trinajstić information content (AvgIpc) is 2.52. The summed E-state index contributed by atoms with van der Waals surface area (Å²) >= 11 is 2.77. The fourth-order valence-corrected chi connectivity index (χ4v) is 3.39. The normalized spacial score (nSPS) is 20.8. The Morgan fingerprint density at radius 3 is 2.80 bits per heavy atom. The third-order valence-corrected chi connectivity index (χ3v) is 4.81. The Bertz CT molecular complexity index is 867. The van der Waals surface area contributed by atoms with Crippen molar-refractivity contribution in [2.24, 2.45) is 5.73 Å². The molecule has 0 radical (unpaired) electrons. The number of hydrogen-bond donors (Lipinski definition) is 1. The number of anilines is 1. The second-order valence-electron chi connectivity index (χ2n) is 6.09. The van der Waals surface area contributed by atoms with Gasteiger partial charge in [0.15, 0.2) is 5.82 Å². The molecule has 134 valence electrons. The summed E-state index contributed by atoms with van der Waals surface area (Å²) in [5.74, 6) is -1.83. The van der Waals surface area contributed by atoms with Gasteiger partial charge in [0, 0.05) is 11.9 Å². The lowest BCUT2D eigenvalue weighted by Gasteiger charge is -2.40. The molecule has 1 saturated heterocycles. The monoisotopic (exact) mass is 418 g/mol. The van der Waals surface area contributed by atoms with Crippen LogP contribution in [-0.4, -0.2) is 34.8 Å². The van der Waals surface area contributed by atoms with Gasteiger partial charge in [0.2, 0.25) is 0 Å². The first-order chi connectivity index (χ1) is 11.7. The molecule has 6 nitrogen and oxygen atoms in total. The number of primary amides is 1. The third-order valence-electron chi connectivity index (χ3n) is 4.09. The number of hydrogen-bond acceptors (Lipinski definition) is 5. The zero-order valence-corrected chi connectivity index (χ0v) is 14.7. The molecule has 1 unspecified atom stereocenters. The molecule has 2 heterocycles. The highest BCUT2D eigenvalue weighted by molar-refractivity contribution is 9.10. The van der Waals surface area contributed by atoms with E-state index in [2.05, 4.69) is 25.9 Å². The molecule has 1 aliphatic rings. The van der Waals surface area contributed by atoms with Crippen molar-refractivity contribution >= 4 is 38.7 Å². The molecule has 3 rings (SSSR count). The van der Waals surface area contributed by atoms with E-state index in [9.17, 15) is 18.0 Å². The number of carbonyl (C=O) groups is 1. The highest BCUT2D eigenvalue weighted by atomic mass is 79.9. The van der Waals surface area contributed by atoms with Crippen LogP contribution in [0, 0.1) is 17.7 Å². The molecule has 10 heteroatoms. The van der Waals surface area contributed by atoms with Gasteiger partial charge in [0.25, 0.3) is 0 Å². The van der Waals surface area contributed by atoms with E-state index in [0.29, 0.717) is 19.4 Å². The largest absolute Gasteiger partial charge is 0.442 e. The predicted octanol–water partition coefficient (Wildman–Crippen LogP) is 3.26. The lowest BCUT2D eigenvalue weighted by molar-refractivity contribution is 0.0203. The quantitative estimate of drug-likeness (QED) is 0.597. The van der Waals surface area contributed by atoms with E-state index in [1.807, 2.05) is 0 Å². The molecule has 1 amide bonds. The van der Waals surface area contributed by atoms with Gasteiger partial charge in [-0.25, -0.2) is 13.6 Å². The molecule has 1 aromatic carbocycles. The summed E-state index contributed by atoms with van der Waals surface area (Å²) in [6.07, 6.45) is -0.919. The molecule has 1 aliphatic heterocycles. The molecule has 2 aromatic rings. The molecule has 1 fully saturated rings. The van der Waals surface area contributed by atoms with Gasteiger partial charge in [-0.2, -0.15) is 14.4 Å². The van der Waals surface area contributed by atoms with Crippen molar-refractivity contribution in [3.05, 3.63) is 28.3 Å². The number of benzene rings is 1. The number of ether oxygens (including phenoxy) is 1. The fraction of sp³-hybridized carbons (Fsp3) is 0.400. The minimum absolute atomic E-state index is 0.0305. The first-order valence-corrected chi connectivity index (χ1v) is 8.23. The number of nitrogens with zero attached hydrogens (tertiary/aromatic N) is 3. The molecule has 0 bridgehead atoms. The van der Waals surface area contributed by atoms with Crippen LogP contribution < -0.4 is 10.6 Å². The van der Waals surface area contributed by atoms with Crippen LogP contribution in [-0.2, 0) is 4.74 Å². The Kier molecular flexibility index (Phi) is 4.48. The van der Waals surface area contributed by atoms with Crippen molar-refractivity contribution in [3.8, 4) is 0 Å². The zero-order valence-electron chi connectivity index (χ0n) is 13.2. The maximum absolute atomic E-state index is 14.3. The zero-order chi connectivity index (χ0) is 18.4. The number of halogens is 4. The summed E-state index contributed by atoms with van der Waals surface area (Å²) in [5.41, 5.74) is 3.85. The van der Waals surface area contributed by atoms with Crippen molar-refractivity contribution in [2.45, 2.75) is 25.4 Å². The summed E-state index contributed by atoms with van der Waals surface area (Å²) < 4.78 is 46.8. The number of piperidine rings is 1. The Hall–Kier alpha value is -2.10. The van der Waals surface area contributed by atoms with E-state index in [0.717, 1.165) is 6.07 Å². The van der Waals surface area contributed by atoms with E-state index in [1.54, 1.807) is 11.8 Å².